The summed E-state index contributed by atoms with van der Waals surface area (Å²) in [5.41, 5.74) is 2.29. The van der Waals surface area contributed by atoms with Crippen LogP contribution in [-0.4, -0.2) is 58.3 Å². The van der Waals surface area contributed by atoms with Crippen LogP contribution < -0.4 is 14.4 Å². The van der Waals surface area contributed by atoms with E-state index < -0.39 is 10.0 Å². The average Bonchev–Trinajstić information content (AvgIpc) is 3.19. The van der Waals surface area contributed by atoms with Gasteiger partial charge in [0.25, 0.3) is 5.91 Å². The van der Waals surface area contributed by atoms with Crippen LogP contribution in [0.4, 0.5) is 5.69 Å². The second kappa shape index (κ2) is 9.92. The minimum absolute atomic E-state index is 0.0965. The SMILES string of the molecule is COc1ccc([C@@H](CNC(=O)c2ccc(N3CCCS3(=O)=O)cc2)N2CCCCC2)cc1. The Bertz CT molecular complexity index is 1020. The molecule has 0 saturated carbocycles. The smallest absolute Gasteiger partial charge is 0.251 e. The van der Waals surface area contributed by atoms with Crippen LogP contribution in [-0.2, 0) is 10.0 Å². The lowest BCUT2D eigenvalue weighted by molar-refractivity contribution is 0.0924. The number of methoxy groups -OCH3 is 1. The highest BCUT2D eigenvalue weighted by molar-refractivity contribution is 7.93. The van der Waals surface area contributed by atoms with Gasteiger partial charge >= 0.3 is 0 Å². The largest absolute Gasteiger partial charge is 0.497 e. The zero-order valence-corrected chi connectivity index (χ0v) is 19.3. The van der Waals surface area contributed by atoms with Gasteiger partial charge in [0.15, 0.2) is 0 Å². The summed E-state index contributed by atoms with van der Waals surface area (Å²) in [6.07, 6.45) is 4.22. The lowest BCUT2D eigenvalue weighted by atomic mass is 10.0. The van der Waals surface area contributed by atoms with E-state index >= 15 is 0 Å². The number of piperidine rings is 1. The predicted molar refractivity (Wildman–Crippen MR) is 126 cm³/mol. The molecule has 2 aromatic carbocycles. The summed E-state index contributed by atoms with van der Waals surface area (Å²) in [5.74, 6) is 0.838. The van der Waals surface area contributed by atoms with Crippen LogP contribution in [0.2, 0.25) is 0 Å². The molecule has 2 heterocycles. The summed E-state index contributed by atoms with van der Waals surface area (Å²) < 4.78 is 30.9. The minimum Gasteiger partial charge on any atom is -0.497 e. The van der Waals surface area contributed by atoms with Crippen molar-refractivity contribution in [1.82, 2.24) is 10.2 Å². The van der Waals surface area contributed by atoms with Crippen LogP contribution in [0.15, 0.2) is 48.5 Å². The van der Waals surface area contributed by atoms with Crippen molar-refractivity contribution in [2.75, 3.05) is 43.3 Å². The normalized spacial score (nSPS) is 19.5. The molecular weight excluding hydrogens is 426 g/mol. The fourth-order valence-corrected chi connectivity index (χ4v) is 6.08. The molecule has 2 aliphatic rings. The molecule has 0 radical (unpaired) electrons. The van der Waals surface area contributed by atoms with Gasteiger partial charge in [-0.1, -0.05) is 18.6 Å². The number of carbonyl (C=O) groups is 1. The fraction of sp³-hybridized carbons (Fsp3) is 0.458. The van der Waals surface area contributed by atoms with E-state index in [-0.39, 0.29) is 17.7 Å². The molecule has 2 fully saturated rings. The highest BCUT2D eigenvalue weighted by Crippen LogP contribution is 2.27. The highest BCUT2D eigenvalue weighted by atomic mass is 32.2. The third kappa shape index (κ3) is 5.07. The van der Waals surface area contributed by atoms with Gasteiger partial charge in [0.05, 0.1) is 24.6 Å². The number of anilines is 1. The lowest BCUT2D eigenvalue weighted by Gasteiger charge is -2.35. The molecule has 0 bridgehead atoms. The Hall–Kier alpha value is -2.58. The first-order valence-electron chi connectivity index (χ1n) is 11.2. The zero-order valence-electron chi connectivity index (χ0n) is 18.5. The molecule has 1 amide bonds. The summed E-state index contributed by atoms with van der Waals surface area (Å²) in [6, 6.07) is 15.0. The van der Waals surface area contributed by atoms with Gasteiger partial charge in [-0.2, -0.15) is 0 Å². The van der Waals surface area contributed by atoms with Crippen molar-refractivity contribution in [3.8, 4) is 5.75 Å². The van der Waals surface area contributed by atoms with Crippen LogP contribution >= 0.6 is 0 Å². The number of ether oxygens (including phenoxy) is 1. The number of sulfonamides is 1. The molecule has 8 heteroatoms. The van der Waals surface area contributed by atoms with E-state index in [4.69, 9.17) is 4.74 Å². The Morgan fingerprint density at radius 3 is 2.25 bits per heavy atom. The monoisotopic (exact) mass is 457 g/mol. The minimum atomic E-state index is -3.22. The van der Waals surface area contributed by atoms with E-state index in [0.29, 0.717) is 30.8 Å². The number of rotatable bonds is 7. The first-order chi connectivity index (χ1) is 15.5. The van der Waals surface area contributed by atoms with Crippen LogP contribution in [0.5, 0.6) is 5.75 Å². The molecular formula is C24H31N3O4S. The summed E-state index contributed by atoms with van der Waals surface area (Å²) in [6.45, 7) is 3.04. The van der Waals surface area contributed by atoms with Gasteiger partial charge in [-0.3, -0.25) is 14.0 Å². The number of carbonyl (C=O) groups excluding carboxylic acids is 1. The van der Waals surface area contributed by atoms with Gasteiger partial charge in [0.2, 0.25) is 10.0 Å². The molecule has 0 aromatic heterocycles. The molecule has 0 spiro atoms. The topological polar surface area (TPSA) is 79.0 Å². The first kappa shape index (κ1) is 22.6. The second-order valence-electron chi connectivity index (χ2n) is 8.38. The fourth-order valence-electron chi connectivity index (χ4n) is 4.51. The van der Waals surface area contributed by atoms with Gasteiger partial charge in [0.1, 0.15) is 5.75 Å². The lowest BCUT2D eigenvalue weighted by Crippen LogP contribution is -2.40. The molecule has 32 heavy (non-hydrogen) atoms. The van der Waals surface area contributed by atoms with Crippen LogP contribution in [0, 0.1) is 0 Å². The number of hydrogen-bond donors (Lipinski definition) is 1. The Balaban J connectivity index is 1.44. The molecule has 2 aromatic rings. The van der Waals surface area contributed by atoms with E-state index in [1.54, 1.807) is 31.4 Å². The summed E-state index contributed by atoms with van der Waals surface area (Å²) in [5, 5.41) is 3.08. The highest BCUT2D eigenvalue weighted by Gasteiger charge is 2.28. The molecule has 4 rings (SSSR count). The van der Waals surface area contributed by atoms with Crippen molar-refractivity contribution in [2.45, 2.75) is 31.7 Å². The van der Waals surface area contributed by atoms with Crippen LogP contribution in [0.3, 0.4) is 0 Å². The number of nitrogens with one attached hydrogen (secondary N) is 1. The molecule has 2 aliphatic heterocycles. The maximum Gasteiger partial charge on any atom is 0.251 e. The summed E-state index contributed by atoms with van der Waals surface area (Å²) in [7, 11) is -1.57. The predicted octanol–water partition coefficient (Wildman–Crippen LogP) is 3.19. The van der Waals surface area contributed by atoms with Gasteiger partial charge in [-0.25, -0.2) is 8.42 Å². The van der Waals surface area contributed by atoms with E-state index in [9.17, 15) is 13.2 Å². The van der Waals surface area contributed by atoms with Crippen molar-refractivity contribution in [1.29, 1.82) is 0 Å². The number of likely N-dealkylation sites (tertiary alicyclic amines) is 1. The third-order valence-corrected chi connectivity index (χ3v) is 8.17. The van der Waals surface area contributed by atoms with Gasteiger partial charge in [-0.15, -0.1) is 0 Å². The van der Waals surface area contributed by atoms with Gasteiger partial charge in [0, 0.05) is 18.7 Å². The maximum absolute atomic E-state index is 12.8. The summed E-state index contributed by atoms with van der Waals surface area (Å²) >= 11 is 0. The Morgan fingerprint density at radius 2 is 1.66 bits per heavy atom. The number of hydrogen-bond acceptors (Lipinski definition) is 5. The number of amides is 1. The quantitative estimate of drug-likeness (QED) is 0.691. The molecule has 2 saturated heterocycles. The molecule has 1 atom stereocenters. The first-order valence-corrected chi connectivity index (χ1v) is 12.9. The van der Waals surface area contributed by atoms with E-state index in [1.807, 2.05) is 12.1 Å². The van der Waals surface area contributed by atoms with Crippen molar-refractivity contribution in [2.24, 2.45) is 0 Å². The molecule has 0 unspecified atom stereocenters. The molecule has 172 valence electrons. The molecule has 7 nitrogen and oxygen atoms in total. The number of nitrogens with zero attached hydrogens (tertiary/aromatic N) is 2. The van der Waals surface area contributed by atoms with Crippen molar-refractivity contribution < 1.29 is 17.9 Å². The third-order valence-electron chi connectivity index (χ3n) is 6.30. The van der Waals surface area contributed by atoms with Crippen molar-refractivity contribution >= 4 is 21.6 Å². The zero-order chi connectivity index (χ0) is 22.6. The van der Waals surface area contributed by atoms with Gasteiger partial charge in [-0.05, 0) is 74.3 Å². The number of benzene rings is 2. The Kier molecular flexibility index (Phi) is 7.01. The van der Waals surface area contributed by atoms with Crippen LogP contribution in [0.1, 0.15) is 47.6 Å². The Labute approximate surface area is 190 Å². The summed E-state index contributed by atoms with van der Waals surface area (Å²) in [4.78, 5) is 15.3. The standard InChI is InChI=1S/C24H31N3O4S/c1-31-22-12-8-19(9-13-22)23(26-14-3-2-4-15-26)18-25-24(28)20-6-10-21(11-7-20)27-16-5-17-32(27,29)30/h6-13,23H,2-5,14-18H2,1H3,(H,25,28)/t23-/m1/s1. The second-order valence-corrected chi connectivity index (χ2v) is 10.4. The molecule has 0 aliphatic carbocycles. The molecule has 1 N–H and O–H groups in total. The van der Waals surface area contributed by atoms with E-state index in [0.717, 1.165) is 24.4 Å². The van der Waals surface area contributed by atoms with Crippen LogP contribution in [0.25, 0.3) is 0 Å². The van der Waals surface area contributed by atoms with E-state index in [1.165, 1.54) is 23.6 Å². The van der Waals surface area contributed by atoms with Crippen molar-refractivity contribution in [3.05, 3.63) is 59.7 Å². The van der Waals surface area contributed by atoms with Gasteiger partial charge < -0.3 is 10.1 Å². The van der Waals surface area contributed by atoms with Crippen molar-refractivity contribution in [3.63, 3.8) is 0 Å². The van der Waals surface area contributed by atoms with E-state index in [2.05, 4.69) is 22.3 Å². The average molecular weight is 458 g/mol. The maximum atomic E-state index is 12.8. The Morgan fingerprint density at radius 1 is 0.969 bits per heavy atom.